The van der Waals surface area contributed by atoms with Gasteiger partial charge in [-0.1, -0.05) is 58.0 Å². The van der Waals surface area contributed by atoms with E-state index in [1.807, 2.05) is 12.1 Å². The van der Waals surface area contributed by atoms with Gasteiger partial charge in [-0.3, -0.25) is 4.90 Å². The van der Waals surface area contributed by atoms with E-state index in [1.54, 1.807) is 12.1 Å². The minimum absolute atomic E-state index is 0.141. The maximum atomic E-state index is 11.4. The van der Waals surface area contributed by atoms with E-state index in [2.05, 4.69) is 62.7 Å². The molecule has 2 aromatic carbocycles. The van der Waals surface area contributed by atoms with Crippen molar-refractivity contribution in [3.05, 3.63) is 70.3 Å². The van der Waals surface area contributed by atoms with Gasteiger partial charge >= 0.3 is 5.97 Å². The van der Waals surface area contributed by atoms with E-state index < -0.39 is 5.97 Å². The van der Waals surface area contributed by atoms with Gasteiger partial charge in [-0.25, -0.2) is 4.79 Å². The molecule has 4 heteroatoms. The van der Waals surface area contributed by atoms with Crippen molar-refractivity contribution < 1.29 is 9.90 Å². The zero-order valence-corrected chi connectivity index (χ0v) is 19.6. The third kappa shape index (κ3) is 4.28. The smallest absolute Gasteiger partial charge is 0.335 e. The number of carbonyl (C=O) groups is 1. The molecule has 4 nitrogen and oxygen atoms in total. The van der Waals surface area contributed by atoms with Crippen molar-refractivity contribution in [1.82, 2.24) is 9.80 Å². The van der Waals surface area contributed by atoms with E-state index in [0.717, 1.165) is 26.2 Å². The highest BCUT2D eigenvalue weighted by Gasteiger charge is 2.38. The second kappa shape index (κ2) is 8.07. The zero-order valence-electron chi connectivity index (χ0n) is 19.6. The zero-order chi connectivity index (χ0) is 22.4. The largest absolute Gasteiger partial charge is 0.478 e. The number of carboxylic acid groups (broad SMARTS) is 1. The van der Waals surface area contributed by atoms with E-state index in [-0.39, 0.29) is 16.9 Å². The fourth-order valence-electron chi connectivity index (χ4n) is 5.28. The SMILES string of the molecule is CN1CCN(C(c2ccc(C(=O)O)cc2)c2ccc3c(c2)C(C)(C)CCC3(C)C)CC1. The van der Waals surface area contributed by atoms with Crippen LogP contribution in [0.2, 0.25) is 0 Å². The summed E-state index contributed by atoms with van der Waals surface area (Å²) in [5, 5.41) is 9.33. The molecule has 0 saturated carbocycles. The highest BCUT2D eigenvalue weighted by molar-refractivity contribution is 5.87. The number of hydrogen-bond donors (Lipinski definition) is 1. The molecule has 2 aliphatic rings. The second-order valence-corrected chi connectivity index (χ2v) is 10.7. The minimum atomic E-state index is -0.875. The predicted octanol–water partition coefficient (Wildman–Crippen LogP) is 5.07. The molecule has 2 aromatic rings. The van der Waals surface area contributed by atoms with Gasteiger partial charge in [0.05, 0.1) is 11.6 Å². The number of fused-ring (bicyclic) bond motifs is 1. The van der Waals surface area contributed by atoms with Crippen LogP contribution in [0.1, 0.15) is 79.2 Å². The quantitative estimate of drug-likeness (QED) is 0.750. The average molecular weight is 421 g/mol. The third-order valence-electron chi connectivity index (χ3n) is 7.57. The van der Waals surface area contributed by atoms with Crippen molar-refractivity contribution in [2.45, 2.75) is 57.4 Å². The summed E-state index contributed by atoms with van der Waals surface area (Å²) in [4.78, 5) is 16.3. The topological polar surface area (TPSA) is 43.8 Å². The number of likely N-dealkylation sites (N-methyl/N-ethyl adjacent to an activating group) is 1. The molecule has 1 aliphatic carbocycles. The van der Waals surface area contributed by atoms with E-state index in [1.165, 1.54) is 35.1 Å². The van der Waals surface area contributed by atoms with Crippen molar-refractivity contribution in [2.75, 3.05) is 33.2 Å². The Morgan fingerprint density at radius 3 is 1.97 bits per heavy atom. The first-order valence-corrected chi connectivity index (χ1v) is 11.5. The highest BCUT2D eigenvalue weighted by atomic mass is 16.4. The van der Waals surface area contributed by atoms with Crippen LogP contribution in [0.3, 0.4) is 0 Å². The van der Waals surface area contributed by atoms with Gasteiger partial charge in [0.1, 0.15) is 0 Å². The molecule has 0 amide bonds. The maximum Gasteiger partial charge on any atom is 0.335 e. The van der Waals surface area contributed by atoms with Gasteiger partial charge in [-0.05, 0) is 65.1 Å². The Kier molecular flexibility index (Phi) is 5.74. The first kappa shape index (κ1) is 22.0. The number of hydrogen-bond acceptors (Lipinski definition) is 3. The predicted molar refractivity (Wildman–Crippen MR) is 126 cm³/mol. The molecule has 1 saturated heterocycles. The van der Waals surface area contributed by atoms with Gasteiger partial charge in [0, 0.05) is 26.2 Å². The van der Waals surface area contributed by atoms with Crippen LogP contribution in [0.15, 0.2) is 42.5 Å². The van der Waals surface area contributed by atoms with Crippen LogP contribution in [0.25, 0.3) is 0 Å². The molecule has 1 fully saturated rings. The number of carboxylic acids is 1. The Bertz CT molecular complexity index is 954. The lowest BCUT2D eigenvalue weighted by Crippen LogP contribution is -2.46. The number of aromatic carboxylic acids is 1. The van der Waals surface area contributed by atoms with Crippen LogP contribution in [-0.4, -0.2) is 54.1 Å². The standard InChI is InChI=1S/C27H36N2O2/c1-26(2)12-13-27(3,4)23-18-21(10-11-22(23)26)24(29-16-14-28(5)15-17-29)19-6-8-20(9-7-19)25(30)31/h6-11,18,24H,12-17H2,1-5H3,(H,30,31). The second-order valence-electron chi connectivity index (χ2n) is 10.7. The van der Waals surface area contributed by atoms with Gasteiger partial charge in [0.25, 0.3) is 0 Å². The first-order chi connectivity index (χ1) is 14.6. The minimum Gasteiger partial charge on any atom is -0.478 e. The summed E-state index contributed by atoms with van der Waals surface area (Å²) in [6.45, 7) is 13.6. The van der Waals surface area contributed by atoms with Crippen LogP contribution in [0.5, 0.6) is 0 Å². The van der Waals surface area contributed by atoms with Gasteiger partial charge in [0.2, 0.25) is 0 Å². The van der Waals surface area contributed by atoms with E-state index in [0.29, 0.717) is 5.56 Å². The van der Waals surface area contributed by atoms with Crippen molar-refractivity contribution in [3.8, 4) is 0 Å². The number of piperazine rings is 1. The van der Waals surface area contributed by atoms with Crippen LogP contribution in [0, 0.1) is 0 Å². The van der Waals surface area contributed by atoms with Gasteiger partial charge in [-0.15, -0.1) is 0 Å². The van der Waals surface area contributed by atoms with Crippen molar-refractivity contribution in [1.29, 1.82) is 0 Å². The van der Waals surface area contributed by atoms with Gasteiger partial charge in [0.15, 0.2) is 0 Å². The molecule has 0 bridgehead atoms. The lowest BCUT2D eigenvalue weighted by atomic mass is 9.63. The number of rotatable bonds is 4. The fourth-order valence-corrected chi connectivity index (χ4v) is 5.28. The molecule has 1 aliphatic heterocycles. The monoisotopic (exact) mass is 420 g/mol. The average Bonchev–Trinajstić information content (AvgIpc) is 2.73. The number of nitrogens with zero attached hydrogens (tertiary/aromatic N) is 2. The maximum absolute atomic E-state index is 11.4. The Hall–Kier alpha value is -2.17. The lowest BCUT2D eigenvalue weighted by molar-refractivity contribution is 0.0696. The molecule has 31 heavy (non-hydrogen) atoms. The van der Waals surface area contributed by atoms with Crippen LogP contribution in [0.4, 0.5) is 0 Å². The lowest BCUT2D eigenvalue weighted by Gasteiger charge is -2.43. The normalized spacial score (nSPS) is 22.0. The Labute approximate surface area is 186 Å². The van der Waals surface area contributed by atoms with E-state index in [4.69, 9.17) is 0 Å². The molecular weight excluding hydrogens is 384 g/mol. The molecule has 166 valence electrons. The van der Waals surface area contributed by atoms with Gasteiger partial charge in [-0.2, -0.15) is 0 Å². The van der Waals surface area contributed by atoms with Crippen molar-refractivity contribution in [2.24, 2.45) is 0 Å². The molecule has 0 radical (unpaired) electrons. The summed E-state index contributed by atoms with van der Waals surface area (Å²) < 4.78 is 0. The number of benzene rings is 2. The summed E-state index contributed by atoms with van der Waals surface area (Å²) in [5.74, 6) is -0.875. The van der Waals surface area contributed by atoms with Crippen LogP contribution in [-0.2, 0) is 10.8 Å². The summed E-state index contributed by atoms with van der Waals surface area (Å²) in [7, 11) is 2.18. The summed E-state index contributed by atoms with van der Waals surface area (Å²) in [6.07, 6.45) is 2.41. The highest BCUT2D eigenvalue weighted by Crippen LogP contribution is 2.47. The third-order valence-corrected chi connectivity index (χ3v) is 7.57. The van der Waals surface area contributed by atoms with E-state index >= 15 is 0 Å². The summed E-state index contributed by atoms with van der Waals surface area (Å²) in [6, 6.07) is 14.8. The summed E-state index contributed by atoms with van der Waals surface area (Å²) in [5.41, 5.74) is 6.15. The molecule has 1 unspecified atom stereocenters. The summed E-state index contributed by atoms with van der Waals surface area (Å²) >= 11 is 0. The van der Waals surface area contributed by atoms with Crippen molar-refractivity contribution >= 4 is 5.97 Å². The Morgan fingerprint density at radius 1 is 0.839 bits per heavy atom. The molecular formula is C27H36N2O2. The molecule has 1 N–H and O–H groups in total. The molecule has 0 spiro atoms. The molecule has 4 rings (SSSR count). The van der Waals surface area contributed by atoms with E-state index in [9.17, 15) is 9.90 Å². The van der Waals surface area contributed by atoms with Crippen LogP contribution >= 0.6 is 0 Å². The fraction of sp³-hybridized carbons (Fsp3) is 0.519. The Morgan fingerprint density at radius 2 is 1.39 bits per heavy atom. The molecule has 1 atom stereocenters. The van der Waals surface area contributed by atoms with Gasteiger partial charge < -0.3 is 10.0 Å². The molecule has 0 aromatic heterocycles. The van der Waals surface area contributed by atoms with Crippen LogP contribution < -0.4 is 0 Å². The first-order valence-electron chi connectivity index (χ1n) is 11.5. The van der Waals surface area contributed by atoms with Crippen molar-refractivity contribution in [3.63, 3.8) is 0 Å². The Balaban J connectivity index is 1.79. The molecule has 1 heterocycles.